The molecule has 1 atom stereocenters. The summed E-state index contributed by atoms with van der Waals surface area (Å²) in [5.41, 5.74) is 5.24. The lowest BCUT2D eigenvalue weighted by atomic mass is 10.0. The Balaban J connectivity index is 2.62. The lowest BCUT2D eigenvalue weighted by molar-refractivity contribution is -0.120. The summed E-state index contributed by atoms with van der Waals surface area (Å²) < 4.78 is 0. The lowest BCUT2D eigenvalue weighted by Gasteiger charge is -2.16. The molecule has 4 nitrogen and oxygen atoms in total. The summed E-state index contributed by atoms with van der Waals surface area (Å²) >= 11 is 1.34. The second-order valence-electron chi connectivity index (χ2n) is 4.04. The molecule has 0 bridgehead atoms. The topological polar surface area (TPSA) is 72.2 Å². The van der Waals surface area contributed by atoms with Gasteiger partial charge < -0.3 is 11.1 Å². The standard InChI is InChI=1S/C11H16N2O2S/c1-7(2)6-8(10(12)14)13-11(15)9-4-3-5-16-9/h3-5,7-8H,6H2,1-2H3,(H2,12,14)(H,13,15). The van der Waals surface area contributed by atoms with Crippen LogP contribution in [0, 0.1) is 5.92 Å². The van der Waals surface area contributed by atoms with E-state index in [0.29, 0.717) is 17.2 Å². The molecule has 5 heteroatoms. The number of thiophene rings is 1. The molecule has 0 radical (unpaired) electrons. The first-order valence-corrected chi connectivity index (χ1v) is 6.02. The Morgan fingerprint density at radius 1 is 1.50 bits per heavy atom. The van der Waals surface area contributed by atoms with Crippen LogP contribution in [0.1, 0.15) is 29.9 Å². The second-order valence-corrected chi connectivity index (χ2v) is 4.98. The van der Waals surface area contributed by atoms with Crippen LogP contribution in [0.3, 0.4) is 0 Å². The van der Waals surface area contributed by atoms with Crippen LogP contribution in [0.2, 0.25) is 0 Å². The number of carbonyl (C=O) groups excluding carboxylic acids is 2. The molecule has 0 aromatic carbocycles. The van der Waals surface area contributed by atoms with Gasteiger partial charge in [0.1, 0.15) is 6.04 Å². The lowest BCUT2D eigenvalue weighted by Crippen LogP contribution is -2.44. The van der Waals surface area contributed by atoms with Crippen molar-refractivity contribution in [1.29, 1.82) is 0 Å². The van der Waals surface area contributed by atoms with Gasteiger partial charge in [0.25, 0.3) is 5.91 Å². The maximum atomic E-state index is 11.7. The number of primary amides is 1. The van der Waals surface area contributed by atoms with E-state index >= 15 is 0 Å². The van der Waals surface area contributed by atoms with Gasteiger partial charge in [-0.2, -0.15) is 0 Å². The van der Waals surface area contributed by atoms with E-state index in [-0.39, 0.29) is 5.91 Å². The third kappa shape index (κ3) is 3.66. The van der Waals surface area contributed by atoms with Crippen molar-refractivity contribution in [3.05, 3.63) is 22.4 Å². The predicted octanol–water partition coefficient (Wildman–Crippen LogP) is 1.38. The molecule has 0 aliphatic heterocycles. The highest BCUT2D eigenvalue weighted by Gasteiger charge is 2.20. The van der Waals surface area contributed by atoms with Gasteiger partial charge in [-0.25, -0.2) is 0 Å². The average molecular weight is 240 g/mol. The minimum atomic E-state index is -0.588. The molecule has 1 unspecified atom stereocenters. The van der Waals surface area contributed by atoms with Gasteiger partial charge in [0.15, 0.2) is 0 Å². The van der Waals surface area contributed by atoms with E-state index < -0.39 is 11.9 Å². The monoisotopic (exact) mass is 240 g/mol. The van der Waals surface area contributed by atoms with Crippen LogP contribution in [0.5, 0.6) is 0 Å². The molecular formula is C11H16N2O2S. The van der Waals surface area contributed by atoms with Gasteiger partial charge in [0, 0.05) is 0 Å². The molecule has 88 valence electrons. The molecule has 0 spiro atoms. The fraction of sp³-hybridized carbons (Fsp3) is 0.455. The number of amides is 2. The highest BCUT2D eigenvalue weighted by atomic mass is 32.1. The summed E-state index contributed by atoms with van der Waals surface area (Å²) in [5.74, 6) is -0.417. The Morgan fingerprint density at radius 3 is 2.62 bits per heavy atom. The van der Waals surface area contributed by atoms with Crippen LogP contribution < -0.4 is 11.1 Å². The van der Waals surface area contributed by atoms with Crippen molar-refractivity contribution in [3.8, 4) is 0 Å². The minimum Gasteiger partial charge on any atom is -0.368 e. The first-order valence-electron chi connectivity index (χ1n) is 5.14. The third-order valence-electron chi connectivity index (χ3n) is 2.10. The van der Waals surface area contributed by atoms with E-state index in [1.807, 2.05) is 19.2 Å². The molecule has 1 rings (SSSR count). The summed E-state index contributed by atoms with van der Waals surface area (Å²) in [5, 5.41) is 4.46. The fourth-order valence-corrected chi connectivity index (χ4v) is 1.98. The Labute approximate surface area is 98.8 Å². The number of nitrogens with two attached hydrogens (primary N) is 1. The summed E-state index contributed by atoms with van der Waals surface area (Å²) in [4.78, 5) is 23.4. The fourth-order valence-electron chi connectivity index (χ4n) is 1.35. The van der Waals surface area contributed by atoms with Crippen LogP contribution >= 0.6 is 11.3 Å². The van der Waals surface area contributed by atoms with E-state index in [2.05, 4.69) is 5.32 Å². The van der Waals surface area contributed by atoms with Crippen molar-refractivity contribution < 1.29 is 9.59 Å². The number of nitrogens with one attached hydrogen (secondary N) is 1. The smallest absolute Gasteiger partial charge is 0.261 e. The molecule has 0 saturated carbocycles. The molecule has 0 aliphatic carbocycles. The van der Waals surface area contributed by atoms with E-state index in [1.54, 1.807) is 12.1 Å². The molecule has 1 aromatic heterocycles. The van der Waals surface area contributed by atoms with E-state index in [9.17, 15) is 9.59 Å². The molecule has 1 aromatic rings. The van der Waals surface area contributed by atoms with Gasteiger partial charge in [-0.15, -0.1) is 11.3 Å². The maximum Gasteiger partial charge on any atom is 0.261 e. The molecule has 0 saturated heterocycles. The molecular weight excluding hydrogens is 224 g/mol. The molecule has 3 N–H and O–H groups in total. The minimum absolute atomic E-state index is 0.237. The second kappa shape index (κ2) is 5.65. The van der Waals surface area contributed by atoms with Crippen molar-refractivity contribution in [3.63, 3.8) is 0 Å². The van der Waals surface area contributed by atoms with Gasteiger partial charge in [-0.05, 0) is 23.8 Å². The van der Waals surface area contributed by atoms with Gasteiger partial charge in [-0.3, -0.25) is 9.59 Å². The van der Waals surface area contributed by atoms with Crippen LogP contribution in [0.4, 0.5) is 0 Å². The van der Waals surface area contributed by atoms with Crippen LogP contribution in [0.25, 0.3) is 0 Å². The first-order chi connectivity index (χ1) is 7.50. The van der Waals surface area contributed by atoms with Crippen molar-refractivity contribution in [1.82, 2.24) is 5.32 Å². The number of hydrogen-bond acceptors (Lipinski definition) is 3. The van der Waals surface area contributed by atoms with Crippen molar-refractivity contribution in [2.24, 2.45) is 11.7 Å². The number of hydrogen-bond donors (Lipinski definition) is 2. The van der Waals surface area contributed by atoms with E-state index in [4.69, 9.17) is 5.73 Å². The summed E-state index contributed by atoms with van der Waals surface area (Å²) in [7, 11) is 0. The van der Waals surface area contributed by atoms with Gasteiger partial charge in [-0.1, -0.05) is 19.9 Å². The zero-order valence-corrected chi connectivity index (χ0v) is 10.2. The SMILES string of the molecule is CC(C)CC(NC(=O)c1cccs1)C(N)=O. The van der Waals surface area contributed by atoms with E-state index in [1.165, 1.54) is 11.3 Å². The quantitative estimate of drug-likeness (QED) is 0.816. The highest BCUT2D eigenvalue weighted by molar-refractivity contribution is 7.12. The van der Waals surface area contributed by atoms with E-state index in [0.717, 1.165) is 0 Å². The zero-order valence-electron chi connectivity index (χ0n) is 9.40. The molecule has 16 heavy (non-hydrogen) atoms. The Morgan fingerprint density at radius 2 is 2.19 bits per heavy atom. The maximum absolute atomic E-state index is 11.7. The van der Waals surface area contributed by atoms with Crippen molar-refractivity contribution in [2.75, 3.05) is 0 Å². The third-order valence-corrected chi connectivity index (χ3v) is 2.97. The molecule has 0 aliphatic rings. The van der Waals surface area contributed by atoms with Crippen LogP contribution in [-0.2, 0) is 4.79 Å². The summed E-state index contributed by atoms with van der Waals surface area (Å²) in [6.45, 7) is 3.96. The van der Waals surface area contributed by atoms with Crippen LogP contribution in [-0.4, -0.2) is 17.9 Å². The Hall–Kier alpha value is -1.36. The van der Waals surface area contributed by atoms with Crippen molar-refractivity contribution >= 4 is 23.2 Å². The normalized spacial score (nSPS) is 12.4. The number of carbonyl (C=O) groups is 2. The Bertz CT molecular complexity index is 360. The summed E-state index contributed by atoms with van der Waals surface area (Å²) in [6.07, 6.45) is 0.562. The number of rotatable bonds is 5. The molecule has 1 heterocycles. The summed E-state index contributed by atoms with van der Waals surface area (Å²) in [6, 6.07) is 2.92. The molecule has 2 amide bonds. The average Bonchev–Trinajstić information content (AvgIpc) is 2.68. The highest BCUT2D eigenvalue weighted by Crippen LogP contribution is 2.10. The zero-order chi connectivity index (χ0) is 12.1. The predicted molar refractivity (Wildman–Crippen MR) is 64.2 cm³/mol. The van der Waals surface area contributed by atoms with Gasteiger partial charge in [0.2, 0.25) is 5.91 Å². The van der Waals surface area contributed by atoms with Gasteiger partial charge >= 0.3 is 0 Å². The van der Waals surface area contributed by atoms with Gasteiger partial charge in [0.05, 0.1) is 4.88 Å². The molecule has 0 fully saturated rings. The Kier molecular flexibility index (Phi) is 4.49. The first kappa shape index (κ1) is 12.7. The van der Waals surface area contributed by atoms with Crippen LogP contribution in [0.15, 0.2) is 17.5 Å². The largest absolute Gasteiger partial charge is 0.368 e. The van der Waals surface area contributed by atoms with Crippen molar-refractivity contribution in [2.45, 2.75) is 26.3 Å².